The van der Waals surface area contributed by atoms with Gasteiger partial charge in [0, 0.05) is 19.2 Å². The molecule has 0 bridgehead atoms. The molecule has 2 aromatic rings. The summed E-state index contributed by atoms with van der Waals surface area (Å²) in [6, 6.07) is 13.7. The van der Waals surface area contributed by atoms with Crippen LogP contribution >= 0.6 is 0 Å². The molecule has 0 saturated heterocycles. The van der Waals surface area contributed by atoms with Gasteiger partial charge in [0.15, 0.2) is 0 Å². The van der Waals surface area contributed by atoms with Gasteiger partial charge >= 0.3 is 0 Å². The monoisotopic (exact) mass is 350 g/mol. The molecular formula is C17H19FN2O3S. The first-order valence-corrected chi connectivity index (χ1v) is 9.20. The summed E-state index contributed by atoms with van der Waals surface area (Å²) < 4.78 is 38.7. The van der Waals surface area contributed by atoms with E-state index in [0.717, 1.165) is 6.26 Å². The third-order valence-electron chi connectivity index (χ3n) is 3.53. The second kappa shape index (κ2) is 7.55. The number of rotatable bonds is 6. The minimum absolute atomic E-state index is 0.0793. The number of carbonyl (C=O) groups excluding carboxylic acids is 1. The molecule has 128 valence electrons. The average molecular weight is 350 g/mol. The molecule has 24 heavy (non-hydrogen) atoms. The SMILES string of the molecule is CN(C(=O)C[C@H](NS(C)(=O)=O)c1ccc(F)cc1)c1ccccc1. The highest BCUT2D eigenvalue weighted by molar-refractivity contribution is 7.88. The van der Waals surface area contributed by atoms with E-state index in [1.54, 1.807) is 19.2 Å². The first-order valence-electron chi connectivity index (χ1n) is 7.30. The number of nitrogens with one attached hydrogen (secondary N) is 1. The van der Waals surface area contributed by atoms with Crippen LogP contribution in [0.2, 0.25) is 0 Å². The lowest BCUT2D eigenvalue weighted by molar-refractivity contribution is -0.118. The molecule has 2 rings (SSSR count). The van der Waals surface area contributed by atoms with E-state index in [4.69, 9.17) is 0 Å². The number of amides is 1. The minimum atomic E-state index is -3.53. The topological polar surface area (TPSA) is 66.5 Å². The summed E-state index contributed by atoms with van der Waals surface area (Å²) in [6.45, 7) is 0. The van der Waals surface area contributed by atoms with Crippen molar-refractivity contribution in [1.82, 2.24) is 4.72 Å². The molecule has 1 amide bonds. The van der Waals surface area contributed by atoms with Crippen LogP contribution in [0, 0.1) is 5.82 Å². The van der Waals surface area contributed by atoms with E-state index in [9.17, 15) is 17.6 Å². The molecule has 0 radical (unpaired) electrons. The number of halogens is 1. The quantitative estimate of drug-likeness (QED) is 0.870. The molecule has 0 fully saturated rings. The fourth-order valence-electron chi connectivity index (χ4n) is 2.29. The van der Waals surface area contributed by atoms with E-state index in [1.807, 2.05) is 18.2 Å². The van der Waals surface area contributed by atoms with Gasteiger partial charge in [-0.25, -0.2) is 17.5 Å². The number of para-hydroxylation sites is 1. The van der Waals surface area contributed by atoms with Crippen LogP contribution < -0.4 is 9.62 Å². The summed E-state index contributed by atoms with van der Waals surface area (Å²) in [4.78, 5) is 14.0. The second-order valence-electron chi connectivity index (χ2n) is 5.49. The Morgan fingerprint density at radius 3 is 2.25 bits per heavy atom. The zero-order valence-corrected chi connectivity index (χ0v) is 14.3. The third kappa shape index (κ3) is 5.14. The Kier molecular flexibility index (Phi) is 5.69. The molecule has 0 saturated carbocycles. The van der Waals surface area contributed by atoms with Crippen molar-refractivity contribution in [3.8, 4) is 0 Å². The molecule has 0 aliphatic carbocycles. The van der Waals surface area contributed by atoms with Crippen LogP contribution in [0.3, 0.4) is 0 Å². The lowest BCUT2D eigenvalue weighted by Gasteiger charge is -2.22. The van der Waals surface area contributed by atoms with E-state index in [0.29, 0.717) is 11.3 Å². The van der Waals surface area contributed by atoms with Gasteiger partial charge in [-0.3, -0.25) is 4.79 Å². The van der Waals surface area contributed by atoms with Gasteiger partial charge < -0.3 is 4.90 Å². The van der Waals surface area contributed by atoms with Crippen LogP contribution in [0.4, 0.5) is 10.1 Å². The molecule has 1 N–H and O–H groups in total. The molecule has 1 atom stereocenters. The van der Waals surface area contributed by atoms with Crippen LogP contribution in [0.5, 0.6) is 0 Å². The molecule has 2 aromatic carbocycles. The molecular weight excluding hydrogens is 331 g/mol. The van der Waals surface area contributed by atoms with Crippen LogP contribution in [-0.2, 0) is 14.8 Å². The van der Waals surface area contributed by atoms with E-state index in [2.05, 4.69) is 4.72 Å². The lowest BCUT2D eigenvalue weighted by atomic mass is 10.0. The summed E-state index contributed by atoms with van der Waals surface area (Å²) in [7, 11) is -1.91. The number of hydrogen-bond acceptors (Lipinski definition) is 3. The standard InChI is InChI=1S/C17H19FN2O3S/c1-20(15-6-4-3-5-7-15)17(21)12-16(19-24(2,22)23)13-8-10-14(18)11-9-13/h3-11,16,19H,12H2,1-2H3/t16-/m0/s1. The summed E-state index contributed by atoms with van der Waals surface area (Å²) in [5, 5.41) is 0. The molecule has 0 heterocycles. The number of nitrogens with zero attached hydrogens (tertiary/aromatic N) is 1. The maximum Gasteiger partial charge on any atom is 0.228 e. The molecule has 0 aromatic heterocycles. The average Bonchev–Trinajstić information content (AvgIpc) is 2.53. The molecule has 0 aliphatic rings. The van der Waals surface area contributed by atoms with Crippen LogP contribution in [-0.4, -0.2) is 27.6 Å². The van der Waals surface area contributed by atoms with Gasteiger partial charge in [-0.1, -0.05) is 30.3 Å². The predicted octanol–water partition coefficient (Wildman–Crippen LogP) is 2.47. The van der Waals surface area contributed by atoms with Gasteiger partial charge in [0.25, 0.3) is 0 Å². The van der Waals surface area contributed by atoms with Crippen molar-refractivity contribution in [3.63, 3.8) is 0 Å². The van der Waals surface area contributed by atoms with Gasteiger partial charge in [-0.05, 0) is 29.8 Å². The van der Waals surface area contributed by atoms with Gasteiger partial charge in [0.2, 0.25) is 15.9 Å². The van der Waals surface area contributed by atoms with Crippen LogP contribution in [0.1, 0.15) is 18.0 Å². The maximum atomic E-state index is 13.1. The van der Waals surface area contributed by atoms with Gasteiger partial charge in [0.1, 0.15) is 5.82 Å². The van der Waals surface area contributed by atoms with Gasteiger partial charge in [-0.15, -0.1) is 0 Å². The minimum Gasteiger partial charge on any atom is -0.315 e. The molecule has 0 aliphatic heterocycles. The van der Waals surface area contributed by atoms with Gasteiger partial charge in [-0.2, -0.15) is 0 Å². The Hall–Kier alpha value is -2.25. The number of sulfonamides is 1. The largest absolute Gasteiger partial charge is 0.315 e. The second-order valence-corrected chi connectivity index (χ2v) is 7.27. The normalized spacial score (nSPS) is 12.6. The third-order valence-corrected chi connectivity index (χ3v) is 4.24. The number of hydrogen-bond donors (Lipinski definition) is 1. The van der Waals surface area contributed by atoms with Crippen LogP contribution in [0.15, 0.2) is 54.6 Å². The van der Waals surface area contributed by atoms with Crippen molar-refractivity contribution < 1.29 is 17.6 Å². The van der Waals surface area contributed by atoms with Gasteiger partial charge in [0.05, 0.1) is 12.3 Å². The fraction of sp³-hybridized carbons (Fsp3) is 0.235. The first-order chi connectivity index (χ1) is 11.3. The summed E-state index contributed by atoms with van der Waals surface area (Å²) in [5.74, 6) is -0.684. The van der Waals surface area contributed by atoms with E-state index in [-0.39, 0.29) is 12.3 Å². The summed E-state index contributed by atoms with van der Waals surface area (Å²) >= 11 is 0. The highest BCUT2D eigenvalue weighted by atomic mass is 32.2. The van der Waals surface area contributed by atoms with E-state index in [1.165, 1.54) is 29.2 Å². The van der Waals surface area contributed by atoms with Crippen LogP contribution in [0.25, 0.3) is 0 Å². The van der Waals surface area contributed by atoms with E-state index < -0.39 is 21.9 Å². The Labute approximate surface area is 141 Å². The van der Waals surface area contributed by atoms with E-state index >= 15 is 0 Å². The highest BCUT2D eigenvalue weighted by Crippen LogP contribution is 2.21. The predicted molar refractivity (Wildman–Crippen MR) is 91.6 cm³/mol. The first kappa shape index (κ1) is 18.1. The lowest BCUT2D eigenvalue weighted by Crippen LogP contribution is -2.34. The fourth-order valence-corrected chi connectivity index (χ4v) is 3.02. The molecule has 0 unspecified atom stereocenters. The summed E-state index contributed by atoms with van der Waals surface area (Å²) in [5.41, 5.74) is 1.23. The van der Waals surface area contributed by atoms with Crippen molar-refractivity contribution >= 4 is 21.6 Å². The van der Waals surface area contributed by atoms with Crippen molar-refractivity contribution in [2.45, 2.75) is 12.5 Å². The summed E-state index contributed by atoms with van der Waals surface area (Å²) in [6.07, 6.45) is 0.943. The molecule has 5 nitrogen and oxygen atoms in total. The van der Waals surface area contributed by atoms with Crippen molar-refractivity contribution in [3.05, 3.63) is 66.0 Å². The number of benzene rings is 2. The zero-order chi connectivity index (χ0) is 17.7. The Balaban J connectivity index is 2.21. The molecule has 7 heteroatoms. The smallest absolute Gasteiger partial charge is 0.228 e. The Bertz CT molecular complexity index is 792. The maximum absolute atomic E-state index is 13.1. The number of carbonyl (C=O) groups is 1. The van der Waals surface area contributed by atoms with Crippen molar-refractivity contribution in [2.75, 3.05) is 18.2 Å². The zero-order valence-electron chi connectivity index (χ0n) is 13.4. The highest BCUT2D eigenvalue weighted by Gasteiger charge is 2.22. The Morgan fingerprint density at radius 2 is 1.71 bits per heavy atom. The van der Waals surface area contributed by atoms with Crippen molar-refractivity contribution in [2.24, 2.45) is 0 Å². The molecule has 0 spiro atoms. The number of anilines is 1. The van der Waals surface area contributed by atoms with Crippen molar-refractivity contribution in [1.29, 1.82) is 0 Å². The Morgan fingerprint density at radius 1 is 1.12 bits per heavy atom.